The summed E-state index contributed by atoms with van der Waals surface area (Å²) in [4.78, 5) is 43.4. The second kappa shape index (κ2) is 6.23. The number of piperazine rings is 1. The van der Waals surface area contributed by atoms with Crippen molar-refractivity contribution in [1.82, 2.24) is 20.3 Å². The van der Waals surface area contributed by atoms with Gasteiger partial charge in [0.1, 0.15) is 18.2 Å². The molecule has 2 aliphatic heterocycles. The van der Waals surface area contributed by atoms with Gasteiger partial charge < -0.3 is 14.6 Å². The number of nitrogens with zero attached hydrogens (tertiary/aromatic N) is 2. The van der Waals surface area contributed by atoms with Crippen molar-refractivity contribution in [2.45, 2.75) is 58.2 Å². The quantitative estimate of drug-likeness (QED) is 0.771. The van der Waals surface area contributed by atoms with Crippen molar-refractivity contribution in [3.05, 3.63) is 35.5 Å². The van der Waals surface area contributed by atoms with E-state index in [1.54, 1.807) is 25.7 Å². The lowest BCUT2D eigenvalue weighted by molar-refractivity contribution is -0.166. The molecule has 2 N–H and O–H groups in total. The summed E-state index contributed by atoms with van der Waals surface area (Å²) in [5.74, 6) is -0.542. The second-order valence-corrected chi connectivity index (χ2v) is 9.10. The van der Waals surface area contributed by atoms with E-state index in [9.17, 15) is 14.4 Å². The molecule has 1 saturated heterocycles. The van der Waals surface area contributed by atoms with Crippen LogP contribution in [0.25, 0.3) is 10.9 Å². The number of aromatic amines is 1. The van der Waals surface area contributed by atoms with Crippen LogP contribution in [0, 0.1) is 0 Å². The van der Waals surface area contributed by atoms with Gasteiger partial charge in [0, 0.05) is 23.0 Å². The lowest BCUT2D eigenvalue weighted by atomic mass is 9.82. The zero-order chi connectivity index (χ0) is 21.1. The fourth-order valence-corrected chi connectivity index (χ4v) is 4.39. The third kappa shape index (κ3) is 3.12. The summed E-state index contributed by atoms with van der Waals surface area (Å²) in [5, 5.41) is 2.13. The number of nitrogens with one attached hydrogen (secondary N) is 2. The summed E-state index contributed by atoms with van der Waals surface area (Å²) in [6.07, 6.45) is -0.366. The van der Waals surface area contributed by atoms with Crippen molar-refractivity contribution in [2.24, 2.45) is 0 Å². The summed E-state index contributed by atoms with van der Waals surface area (Å²) >= 11 is 0. The highest BCUT2D eigenvalue weighted by molar-refractivity contribution is 5.98. The van der Waals surface area contributed by atoms with Crippen molar-refractivity contribution in [3.8, 4) is 0 Å². The molecule has 2 aliphatic rings. The number of aromatic nitrogens is 1. The third-order valence-electron chi connectivity index (χ3n) is 5.48. The summed E-state index contributed by atoms with van der Waals surface area (Å²) in [6, 6.07) is 7.23. The van der Waals surface area contributed by atoms with Crippen LogP contribution in [0.1, 0.15) is 45.9 Å². The Kier molecular flexibility index (Phi) is 4.15. The van der Waals surface area contributed by atoms with Crippen LogP contribution in [0.15, 0.2) is 24.3 Å². The van der Waals surface area contributed by atoms with Crippen molar-refractivity contribution in [1.29, 1.82) is 0 Å². The number of fused-ring (bicyclic) bond motifs is 4. The monoisotopic (exact) mass is 398 g/mol. The minimum atomic E-state index is -0.755. The number of carbonyl (C=O) groups is 3. The molecule has 3 heterocycles. The van der Waals surface area contributed by atoms with Crippen LogP contribution in [-0.4, -0.2) is 51.0 Å². The second-order valence-electron chi connectivity index (χ2n) is 9.10. The molecule has 0 saturated carbocycles. The molecule has 0 aliphatic carbocycles. The van der Waals surface area contributed by atoms with Crippen molar-refractivity contribution in [3.63, 3.8) is 0 Å². The molecule has 3 amide bonds. The Morgan fingerprint density at radius 1 is 1.24 bits per heavy atom. The molecular formula is C21H26N4O4. The fraction of sp³-hybridized carbons (Fsp3) is 0.476. The summed E-state index contributed by atoms with van der Waals surface area (Å²) < 4.78 is 5.23. The van der Waals surface area contributed by atoms with Gasteiger partial charge in [-0.2, -0.15) is 0 Å². The highest BCUT2D eigenvalue weighted by Gasteiger charge is 2.51. The highest BCUT2D eigenvalue weighted by Crippen LogP contribution is 2.42. The van der Waals surface area contributed by atoms with Crippen LogP contribution in [0.5, 0.6) is 0 Å². The maximum Gasteiger partial charge on any atom is 0.426 e. The van der Waals surface area contributed by atoms with Crippen molar-refractivity contribution < 1.29 is 19.1 Å². The number of benzene rings is 1. The Morgan fingerprint density at radius 3 is 2.62 bits per heavy atom. The van der Waals surface area contributed by atoms with E-state index in [0.717, 1.165) is 27.2 Å². The number of rotatable bonds is 1. The largest absolute Gasteiger partial charge is 0.443 e. The molecule has 1 atom stereocenters. The van der Waals surface area contributed by atoms with Gasteiger partial charge in [0.05, 0.1) is 5.54 Å². The maximum atomic E-state index is 13.2. The van der Waals surface area contributed by atoms with E-state index < -0.39 is 23.3 Å². The minimum absolute atomic E-state index is 0.222. The number of hydrazine groups is 1. The zero-order valence-electron chi connectivity index (χ0n) is 17.3. The molecule has 0 bridgehead atoms. The van der Waals surface area contributed by atoms with Gasteiger partial charge in [0.25, 0.3) is 5.91 Å². The van der Waals surface area contributed by atoms with Gasteiger partial charge in [-0.15, -0.1) is 0 Å². The van der Waals surface area contributed by atoms with E-state index in [0.29, 0.717) is 6.42 Å². The Hall–Kier alpha value is -3.03. The molecule has 0 unspecified atom stereocenters. The van der Waals surface area contributed by atoms with E-state index in [1.807, 2.05) is 38.1 Å². The smallest absolute Gasteiger partial charge is 0.426 e. The van der Waals surface area contributed by atoms with Crippen molar-refractivity contribution in [2.75, 3.05) is 6.54 Å². The molecule has 29 heavy (non-hydrogen) atoms. The Morgan fingerprint density at radius 2 is 1.93 bits per heavy atom. The molecule has 1 aromatic carbocycles. The number of hydrogen-bond donors (Lipinski definition) is 2. The van der Waals surface area contributed by atoms with E-state index in [2.05, 4.69) is 10.4 Å². The number of H-pyrrole nitrogens is 1. The van der Waals surface area contributed by atoms with Gasteiger partial charge in [0.15, 0.2) is 0 Å². The summed E-state index contributed by atoms with van der Waals surface area (Å²) in [7, 11) is 0. The number of para-hydroxylation sites is 1. The van der Waals surface area contributed by atoms with Crippen LogP contribution in [0.2, 0.25) is 0 Å². The highest BCUT2D eigenvalue weighted by atomic mass is 16.6. The zero-order valence-corrected chi connectivity index (χ0v) is 17.3. The molecule has 8 heteroatoms. The average molecular weight is 398 g/mol. The third-order valence-corrected chi connectivity index (χ3v) is 5.48. The Balaban J connectivity index is 1.68. The van der Waals surface area contributed by atoms with Crippen LogP contribution >= 0.6 is 0 Å². The number of amides is 3. The summed E-state index contributed by atoms with van der Waals surface area (Å²) in [5.41, 5.74) is 4.02. The molecule has 1 aromatic heterocycles. The van der Waals surface area contributed by atoms with Gasteiger partial charge in [-0.25, -0.2) is 15.2 Å². The molecule has 0 radical (unpaired) electrons. The molecule has 2 aromatic rings. The Labute approximate surface area is 169 Å². The van der Waals surface area contributed by atoms with Crippen LogP contribution in [0.3, 0.4) is 0 Å². The first-order chi connectivity index (χ1) is 13.5. The topological polar surface area (TPSA) is 94.7 Å². The van der Waals surface area contributed by atoms with Crippen LogP contribution in [-0.2, 0) is 26.3 Å². The SMILES string of the molecule is CC(C)(C)OC(=O)NN1CC(=O)N2[C@@H](Cc3c([nH]c4ccccc34)C2(C)C)C1=O. The lowest BCUT2D eigenvalue weighted by Crippen LogP contribution is -2.69. The number of hydrogen-bond acceptors (Lipinski definition) is 4. The first-order valence-electron chi connectivity index (χ1n) is 9.72. The lowest BCUT2D eigenvalue weighted by Gasteiger charge is -2.50. The van der Waals surface area contributed by atoms with Crippen LogP contribution < -0.4 is 5.43 Å². The molecule has 4 rings (SSSR count). The predicted octanol–water partition coefficient (Wildman–Crippen LogP) is 2.44. The van der Waals surface area contributed by atoms with E-state index >= 15 is 0 Å². The van der Waals surface area contributed by atoms with Gasteiger partial charge in [0.2, 0.25) is 5.91 Å². The average Bonchev–Trinajstić information content (AvgIpc) is 2.97. The minimum Gasteiger partial charge on any atom is -0.443 e. The van der Waals surface area contributed by atoms with E-state index in [1.165, 1.54) is 0 Å². The normalized spacial score (nSPS) is 21.1. The standard InChI is InChI=1S/C21H26N4O4/c1-20(2,3)29-19(28)23-24-11-16(26)25-15(18(24)27)10-13-12-8-6-7-9-14(12)22-17(13)21(25,4)5/h6-9,15,22H,10-11H2,1-5H3,(H,23,28)/t15-/m0/s1. The molecule has 154 valence electrons. The van der Waals surface area contributed by atoms with Gasteiger partial charge in [-0.1, -0.05) is 18.2 Å². The molecule has 0 spiro atoms. The number of ether oxygens (including phenoxy) is 1. The van der Waals surface area contributed by atoms with Gasteiger partial charge >= 0.3 is 6.09 Å². The van der Waals surface area contributed by atoms with E-state index in [4.69, 9.17) is 4.74 Å². The number of carbonyl (C=O) groups excluding carboxylic acids is 3. The summed E-state index contributed by atoms with van der Waals surface area (Å²) in [6.45, 7) is 8.86. The first-order valence-corrected chi connectivity index (χ1v) is 9.72. The molecule has 8 nitrogen and oxygen atoms in total. The maximum absolute atomic E-state index is 13.2. The molecule has 1 fully saturated rings. The van der Waals surface area contributed by atoms with E-state index in [-0.39, 0.29) is 18.4 Å². The first kappa shape index (κ1) is 19.3. The molecular weight excluding hydrogens is 372 g/mol. The van der Waals surface area contributed by atoms with Crippen LogP contribution in [0.4, 0.5) is 4.79 Å². The fourth-order valence-electron chi connectivity index (χ4n) is 4.39. The predicted molar refractivity (Wildman–Crippen MR) is 107 cm³/mol. The van der Waals surface area contributed by atoms with Gasteiger partial charge in [-0.3, -0.25) is 9.59 Å². The Bertz CT molecular complexity index is 1020. The van der Waals surface area contributed by atoms with Crippen molar-refractivity contribution >= 4 is 28.8 Å². The van der Waals surface area contributed by atoms with Gasteiger partial charge in [-0.05, 0) is 46.2 Å².